The van der Waals surface area contributed by atoms with Gasteiger partial charge in [-0.15, -0.1) is 0 Å². The molecule has 0 saturated heterocycles. The van der Waals surface area contributed by atoms with Crippen LogP contribution in [0.1, 0.15) is 13.3 Å². The number of nitro groups is 1. The Hall–Kier alpha value is -3.68. The Morgan fingerprint density at radius 3 is 2.58 bits per heavy atom. The Balaban J connectivity index is 2.10. The van der Waals surface area contributed by atoms with Gasteiger partial charge in [0.05, 0.1) is 10.5 Å². The summed E-state index contributed by atoms with van der Waals surface area (Å²) in [4.78, 5) is 34.2. The SMILES string of the molecule is CCC(=O)Oc1cc(O)c2c(=O)c(-c3ccc([N+](=O)[O-])cc3)coc2c1. The summed E-state index contributed by atoms with van der Waals surface area (Å²) in [5, 5.41) is 20.8. The van der Waals surface area contributed by atoms with Gasteiger partial charge in [0.1, 0.15) is 28.7 Å². The molecule has 8 nitrogen and oxygen atoms in total. The van der Waals surface area contributed by atoms with Gasteiger partial charge in [-0.3, -0.25) is 19.7 Å². The highest BCUT2D eigenvalue weighted by Gasteiger charge is 2.16. The predicted octanol–water partition coefficient (Wildman–Crippen LogP) is 3.39. The lowest BCUT2D eigenvalue weighted by atomic mass is 10.0. The Labute approximate surface area is 146 Å². The van der Waals surface area contributed by atoms with E-state index in [0.29, 0.717) is 5.56 Å². The maximum Gasteiger partial charge on any atom is 0.310 e. The number of nitrogens with zero attached hydrogens (tertiary/aromatic N) is 1. The zero-order valence-electron chi connectivity index (χ0n) is 13.6. The number of nitro benzene ring substituents is 1. The number of benzene rings is 2. The molecule has 132 valence electrons. The van der Waals surface area contributed by atoms with Crippen LogP contribution in [0.15, 0.2) is 51.9 Å². The third kappa shape index (κ3) is 3.12. The average molecular weight is 355 g/mol. The molecule has 0 saturated carbocycles. The summed E-state index contributed by atoms with van der Waals surface area (Å²) in [7, 11) is 0. The number of phenols is 1. The minimum absolute atomic E-state index is 0.0552. The van der Waals surface area contributed by atoms with E-state index in [1.165, 1.54) is 36.6 Å². The quantitative estimate of drug-likeness (QED) is 0.329. The lowest BCUT2D eigenvalue weighted by Gasteiger charge is -2.07. The molecule has 2 aromatic carbocycles. The number of hydrogen-bond acceptors (Lipinski definition) is 7. The molecule has 3 rings (SSSR count). The first-order valence-corrected chi connectivity index (χ1v) is 7.64. The van der Waals surface area contributed by atoms with Gasteiger partial charge in [0, 0.05) is 30.7 Å². The van der Waals surface area contributed by atoms with Crippen LogP contribution >= 0.6 is 0 Å². The molecule has 3 aromatic rings. The smallest absolute Gasteiger partial charge is 0.310 e. The van der Waals surface area contributed by atoms with Gasteiger partial charge in [0.2, 0.25) is 5.43 Å². The number of fused-ring (bicyclic) bond motifs is 1. The second-order valence-electron chi connectivity index (χ2n) is 5.43. The number of phenolic OH excluding ortho intramolecular Hbond substituents is 1. The fourth-order valence-electron chi connectivity index (χ4n) is 2.43. The maximum atomic E-state index is 12.7. The van der Waals surface area contributed by atoms with Crippen molar-refractivity contribution in [2.24, 2.45) is 0 Å². The molecule has 0 spiro atoms. The van der Waals surface area contributed by atoms with Crippen LogP contribution in [-0.4, -0.2) is 16.0 Å². The largest absolute Gasteiger partial charge is 0.507 e. The van der Waals surface area contributed by atoms with Gasteiger partial charge in [0.25, 0.3) is 5.69 Å². The lowest BCUT2D eigenvalue weighted by molar-refractivity contribution is -0.384. The third-order valence-electron chi connectivity index (χ3n) is 3.74. The number of rotatable bonds is 4. The first kappa shape index (κ1) is 17.2. The maximum absolute atomic E-state index is 12.7. The molecule has 0 amide bonds. The third-order valence-corrected chi connectivity index (χ3v) is 3.74. The first-order valence-electron chi connectivity index (χ1n) is 7.64. The Morgan fingerprint density at radius 2 is 1.96 bits per heavy atom. The van der Waals surface area contributed by atoms with Gasteiger partial charge < -0.3 is 14.3 Å². The van der Waals surface area contributed by atoms with E-state index < -0.39 is 16.3 Å². The molecule has 1 heterocycles. The standard InChI is InChI=1S/C18H13NO7/c1-2-16(21)26-12-7-14(20)17-15(8-12)25-9-13(18(17)22)10-3-5-11(6-4-10)19(23)24/h3-9,20H,2H2,1H3. The number of esters is 1. The van der Waals surface area contributed by atoms with Crippen LogP contribution in [0.2, 0.25) is 0 Å². The highest BCUT2D eigenvalue weighted by Crippen LogP contribution is 2.30. The molecule has 0 aliphatic carbocycles. The summed E-state index contributed by atoms with van der Waals surface area (Å²) >= 11 is 0. The Morgan fingerprint density at radius 1 is 1.27 bits per heavy atom. The topological polar surface area (TPSA) is 120 Å². The van der Waals surface area contributed by atoms with E-state index in [4.69, 9.17) is 9.15 Å². The van der Waals surface area contributed by atoms with Crippen molar-refractivity contribution in [1.82, 2.24) is 0 Å². The highest BCUT2D eigenvalue weighted by molar-refractivity contribution is 5.88. The molecule has 0 bridgehead atoms. The molecule has 0 atom stereocenters. The summed E-state index contributed by atoms with van der Waals surface area (Å²) in [5.74, 6) is -0.819. The van der Waals surface area contributed by atoms with Gasteiger partial charge in [0.15, 0.2) is 0 Å². The van der Waals surface area contributed by atoms with Crippen molar-refractivity contribution in [2.45, 2.75) is 13.3 Å². The van der Waals surface area contributed by atoms with E-state index in [2.05, 4.69) is 0 Å². The van der Waals surface area contributed by atoms with Crippen LogP contribution in [0.5, 0.6) is 11.5 Å². The number of non-ortho nitro benzene ring substituents is 1. The number of aromatic hydroxyl groups is 1. The molecular weight excluding hydrogens is 342 g/mol. The van der Waals surface area contributed by atoms with Crippen LogP contribution in [0.4, 0.5) is 5.69 Å². The molecule has 0 fully saturated rings. The number of carbonyl (C=O) groups is 1. The minimum Gasteiger partial charge on any atom is -0.507 e. The highest BCUT2D eigenvalue weighted by atomic mass is 16.6. The van der Waals surface area contributed by atoms with Crippen molar-refractivity contribution < 1.29 is 24.0 Å². The number of ether oxygens (including phenoxy) is 1. The fourth-order valence-corrected chi connectivity index (χ4v) is 2.43. The van der Waals surface area contributed by atoms with Crippen molar-refractivity contribution in [1.29, 1.82) is 0 Å². The van der Waals surface area contributed by atoms with E-state index in [9.17, 15) is 24.8 Å². The van der Waals surface area contributed by atoms with E-state index in [1.54, 1.807) is 6.92 Å². The van der Waals surface area contributed by atoms with E-state index in [1.807, 2.05) is 0 Å². The normalized spacial score (nSPS) is 10.7. The van der Waals surface area contributed by atoms with Crippen molar-refractivity contribution in [2.75, 3.05) is 0 Å². The van der Waals surface area contributed by atoms with Crippen molar-refractivity contribution in [3.05, 3.63) is 63.0 Å². The summed E-state index contributed by atoms with van der Waals surface area (Å²) in [5.41, 5.74) is -0.0113. The monoisotopic (exact) mass is 355 g/mol. The summed E-state index contributed by atoms with van der Waals surface area (Å²) in [6.45, 7) is 1.62. The molecule has 8 heteroatoms. The van der Waals surface area contributed by atoms with Gasteiger partial charge in [-0.05, 0) is 17.7 Å². The van der Waals surface area contributed by atoms with Crippen LogP contribution in [0.25, 0.3) is 22.1 Å². The van der Waals surface area contributed by atoms with E-state index >= 15 is 0 Å². The molecule has 0 unspecified atom stereocenters. The van der Waals surface area contributed by atoms with Crippen LogP contribution in [-0.2, 0) is 4.79 Å². The molecule has 1 N–H and O–H groups in total. The van der Waals surface area contributed by atoms with Crippen molar-refractivity contribution >= 4 is 22.6 Å². The summed E-state index contributed by atoms with van der Waals surface area (Å²) in [6.07, 6.45) is 1.35. The molecular formula is C18H13NO7. The van der Waals surface area contributed by atoms with Gasteiger partial charge in [-0.2, -0.15) is 0 Å². The fraction of sp³-hybridized carbons (Fsp3) is 0.111. The minimum atomic E-state index is -0.544. The molecule has 0 radical (unpaired) electrons. The number of hydrogen-bond donors (Lipinski definition) is 1. The molecule has 26 heavy (non-hydrogen) atoms. The summed E-state index contributed by atoms with van der Waals surface area (Å²) < 4.78 is 10.4. The van der Waals surface area contributed by atoms with Crippen LogP contribution in [0.3, 0.4) is 0 Å². The summed E-state index contributed by atoms with van der Waals surface area (Å²) in [6, 6.07) is 7.88. The second kappa shape index (κ2) is 6.67. The molecule has 0 aliphatic heterocycles. The Bertz CT molecular complexity index is 1070. The Kier molecular flexibility index (Phi) is 4.40. The predicted molar refractivity (Wildman–Crippen MR) is 92.2 cm³/mol. The van der Waals surface area contributed by atoms with E-state index in [0.717, 1.165) is 6.07 Å². The van der Waals surface area contributed by atoms with Gasteiger partial charge in [-0.1, -0.05) is 6.92 Å². The average Bonchev–Trinajstić information content (AvgIpc) is 2.61. The molecule has 1 aromatic heterocycles. The lowest BCUT2D eigenvalue weighted by Crippen LogP contribution is -2.07. The zero-order chi connectivity index (χ0) is 18.8. The van der Waals surface area contributed by atoms with E-state index in [-0.39, 0.29) is 40.1 Å². The first-order chi connectivity index (χ1) is 12.4. The van der Waals surface area contributed by atoms with Gasteiger partial charge in [-0.25, -0.2) is 0 Å². The van der Waals surface area contributed by atoms with Crippen molar-refractivity contribution in [3.63, 3.8) is 0 Å². The van der Waals surface area contributed by atoms with Crippen LogP contribution in [0, 0.1) is 10.1 Å². The van der Waals surface area contributed by atoms with Gasteiger partial charge >= 0.3 is 5.97 Å². The second-order valence-corrected chi connectivity index (χ2v) is 5.43. The molecule has 0 aliphatic rings. The van der Waals surface area contributed by atoms with Crippen LogP contribution < -0.4 is 10.2 Å². The number of carbonyl (C=O) groups excluding carboxylic acids is 1. The van der Waals surface area contributed by atoms with Crippen molar-refractivity contribution in [3.8, 4) is 22.6 Å². The zero-order valence-corrected chi connectivity index (χ0v) is 13.6.